The topological polar surface area (TPSA) is 35.5 Å². The molecule has 0 saturated carbocycles. The van der Waals surface area contributed by atoms with Crippen LogP contribution in [-0.2, 0) is 0 Å². The van der Waals surface area contributed by atoms with E-state index < -0.39 is 0 Å². The molecule has 0 saturated heterocycles. The van der Waals surface area contributed by atoms with Gasteiger partial charge >= 0.3 is 0 Å². The molecule has 3 nitrogen and oxygen atoms in total. The van der Waals surface area contributed by atoms with Crippen LogP contribution in [-0.4, -0.2) is 48.3 Å². The van der Waals surface area contributed by atoms with E-state index in [2.05, 4.69) is 37.9 Å². The molecule has 1 unspecified atom stereocenters. The predicted molar refractivity (Wildman–Crippen MR) is 56.9 cm³/mol. The molecule has 80 valence electrons. The minimum atomic E-state index is 0.208. The van der Waals surface area contributed by atoms with Crippen molar-refractivity contribution in [2.75, 3.05) is 26.2 Å². The minimum absolute atomic E-state index is 0.208. The molecule has 0 aliphatic heterocycles. The van der Waals surface area contributed by atoms with Crippen molar-refractivity contribution >= 4 is 0 Å². The second-order valence-electron chi connectivity index (χ2n) is 3.69. The number of hydrogen-bond donors (Lipinski definition) is 2. The Kier molecular flexibility index (Phi) is 7.23. The van der Waals surface area contributed by atoms with E-state index in [9.17, 15) is 0 Å². The van der Waals surface area contributed by atoms with Crippen molar-refractivity contribution in [2.45, 2.75) is 39.8 Å². The van der Waals surface area contributed by atoms with E-state index in [0.717, 1.165) is 19.6 Å². The highest BCUT2D eigenvalue weighted by Crippen LogP contribution is 1.93. The van der Waals surface area contributed by atoms with E-state index in [1.165, 1.54) is 0 Å². The zero-order valence-corrected chi connectivity index (χ0v) is 9.38. The highest BCUT2D eigenvalue weighted by atomic mass is 16.3. The Morgan fingerprint density at radius 3 is 2.08 bits per heavy atom. The normalized spacial score (nSPS) is 14.1. The van der Waals surface area contributed by atoms with Gasteiger partial charge in [-0.1, -0.05) is 27.7 Å². The molecule has 0 aliphatic carbocycles. The highest BCUT2D eigenvalue weighted by molar-refractivity contribution is 4.72. The highest BCUT2D eigenvalue weighted by Gasteiger charge is 2.11. The molecule has 2 N–H and O–H groups in total. The van der Waals surface area contributed by atoms with Crippen LogP contribution in [0.15, 0.2) is 0 Å². The fourth-order valence-electron chi connectivity index (χ4n) is 1.43. The summed E-state index contributed by atoms with van der Waals surface area (Å²) in [5.41, 5.74) is 0. The maximum Gasteiger partial charge on any atom is 0.0597 e. The average Bonchev–Trinajstić information content (AvgIpc) is 2.11. The molecule has 0 amide bonds. The number of nitrogens with zero attached hydrogens (tertiary/aromatic N) is 1. The summed E-state index contributed by atoms with van der Waals surface area (Å²) in [6.45, 7) is 11.7. The molecule has 0 radical (unpaired) electrons. The van der Waals surface area contributed by atoms with Gasteiger partial charge in [-0.2, -0.15) is 0 Å². The molecule has 0 spiro atoms. The van der Waals surface area contributed by atoms with Crippen molar-refractivity contribution in [3.8, 4) is 0 Å². The Morgan fingerprint density at radius 1 is 1.23 bits per heavy atom. The minimum Gasteiger partial charge on any atom is -0.395 e. The average molecular weight is 188 g/mol. The number of aliphatic hydroxyl groups is 1. The quantitative estimate of drug-likeness (QED) is 0.617. The molecule has 1 atom stereocenters. The molecular weight excluding hydrogens is 164 g/mol. The summed E-state index contributed by atoms with van der Waals surface area (Å²) in [4.78, 5) is 2.32. The number of likely N-dealkylation sites (N-methyl/N-ethyl adjacent to an activating group) is 1. The third-order valence-electron chi connectivity index (χ3n) is 2.16. The summed E-state index contributed by atoms with van der Waals surface area (Å²) in [7, 11) is 0. The van der Waals surface area contributed by atoms with Crippen molar-refractivity contribution in [3.63, 3.8) is 0 Å². The van der Waals surface area contributed by atoms with Crippen molar-refractivity contribution in [1.82, 2.24) is 10.2 Å². The lowest BCUT2D eigenvalue weighted by molar-refractivity contribution is 0.183. The molecule has 0 bridgehead atoms. The van der Waals surface area contributed by atoms with E-state index in [-0.39, 0.29) is 12.6 Å². The molecule has 0 heterocycles. The Balaban J connectivity index is 3.80. The first-order chi connectivity index (χ1) is 6.13. The SMILES string of the molecule is CCN(CC)CC(CO)NC(C)C. The first-order valence-corrected chi connectivity index (χ1v) is 5.23. The van der Waals surface area contributed by atoms with E-state index >= 15 is 0 Å². The first-order valence-electron chi connectivity index (χ1n) is 5.23. The number of hydrogen-bond acceptors (Lipinski definition) is 3. The second kappa shape index (κ2) is 7.30. The Bertz CT molecular complexity index is 113. The summed E-state index contributed by atoms with van der Waals surface area (Å²) in [6, 6.07) is 0.646. The number of rotatable bonds is 7. The van der Waals surface area contributed by atoms with Crippen molar-refractivity contribution in [1.29, 1.82) is 0 Å². The summed E-state index contributed by atoms with van der Waals surface area (Å²) < 4.78 is 0. The summed E-state index contributed by atoms with van der Waals surface area (Å²) in [6.07, 6.45) is 0. The summed E-state index contributed by atoms with van der Waals surface area (Å²) in [5, 5.41) is 12.5. The number of nitrogens with one attached hydrogen (secondary N) is 1. The van der Waals surface area contributed by atoms with E-state index in [1.807, 2.05) is 0 Å². The van der Waals surface area contributed by atoms with Gasteiger partial charge in [-0.3, -0.25) is 0 Å². The molecule has 0 aromatic carbocycles. The smallest absolute Gasteiger partial charge is 0.0597 e. The first kappa shape index (κ1) is 12.9. The van der Waals surface area contributed by atoms with Crippen LogP contribution in [0.3, 0.4) is 0 Å². The molecule has 13 heavy (non-hydrogen) atoms. The fourth-order valence-corrected chi connectivity index (χ4v) is 1.43. The van der Waals surface area contributed by atoms with Crippen LogP contribution < -0.4 is 5.32 Å². The lowest BCUT2D eigenvalue weighted by atomic mass is 10.2. The van der Waals surface area contributed by atoms with Crippen LogP contribution >= 0.6 is 0 Å². The lowest BCUT2D eigenvalue weighted by Gasteiger charge is -2.26. The zero-order chi connectivity index (χ0) is 10.3. The monoisotopic (exact) mass is 188 g/mol. The number of aliphatic hydroxyl groups excluding tert-OH is 1. The van der Waals surface area contributed by atoms with Gasteiger partial charge in [0, 0.05) is 18.6 Å². The largest absolute Gasteiger partial charge is 0.395 e. The van der Waals surface area contributed by atoms with Crippen LogP contribution in [0, 0.1) is 0 Å². The third-order valence-corrected chi connectivity index (χ3v) is 2.16. The van der Waals surface area contributed by atoms with Crippen molar-refractivity contribution < 1.29 is 5.11 Å². The van der Waals surface area contributed by atoms with Gasteiger partial charge in [-0.05, 0) is 13.1 Å². The van der Waals surface area contributed by atoms with Crippen LogP contribution in [0.4, 0.5) is 0 Å². The van der Waals surface area contributed by atoms with E-state index in [1.54, 1.807) is 0 Å². The standard InChI is InChI=1S/C10H24N2O/c1-5-12(6-2)7-10(8-13)11-9(3)4/h9-11,13H,5-8H2,1-4H3. The van der Waals surface area contributed by atoms with E-state index in [0.29, 0.717) is 6.04 Å². The van der Waals surface area contributed by atoms with Crippen LogP contribution in [0.5, 0.6) is 0 Å². The molecule has 0 fully saturated rings. The van der Waals surface area contributed by atoms with Crippen LogP contribution in [0.25, 0.3) is 0 Å². The summed E-state index contributed by atoms with van der Waals surface area (Å²) in [5.74, 6) is 0. The van der Waals surface area contributed by atoms with Crippen LogP contribution in [0.1, 0.15) is 27.7 Å². The van der Waals surface area contributed by atoms with Crippen LogP contribution in [0.2, 0.25) is 0 Å². The van der Waals surface area contributed by atoms with Gasteiger partial charge < -0.3 is 15.3 Å². The maximum absolute atomic E-state index is 9.13. The van der Waals surface area contributed by atoms with Crippen molar-refractivity contribution in [2.24, 2.45) is 0 Å². The zero-order valence-electron chi connectivity index (χ0n) is 9.38. The second-order valence-corrected chi connectivity index (χ2v) is 3.69. The van der Waals surface area contributed by atoms with Gasteiger partial charge in [0.1, 0.15) is 0 Å². The molecule has 0 aromatic rings. The van der Waals surface area contributed by atoms with Crippen molar-refractivity contribution in [3.05, 3.63) is 0 Å². The molecule has 3 heteroatoms. The Morgan fingerprint density at radius 2 is 1.77 bits per heavy atom. The Hall–Kier alpha value is -0.120. The summed E-state index contributed by atoms with van der Waals surface area (Å²) >= 11 is 0. The van der Waals surface area contributed by atoms with Gasteiger partial charge in [0.2, 0.25) is 0 Å². The van der Waals surface area contributed by atoms with Gasteiger partial charge in [-0.15, -0.1) is 0 Å². The van der Waals surface area contributed by atoms with E-state index in [4.69, 9.17) is 5.11 Å². The molecule has 0 rings (SSSR count). The maximum atomic E-state index is 9.13. The molecule has 0 aromatic heterocycles. The molecular formula is C10H24N2O. The predicted octanol–water partition coefficient (Wildman–Crippen LogP) is 0.687. The molecule has 0 aliphatic rings. The third kappa shape index (κ3) is 6.02. The fraction of sp³-hybridized carbons (Fsp3) is 1.00. The van der Waals surface area contributed by atoms with Gasteiger partial charge in [-0.25, -0.2) is 0 Å². The van der Waals surface area contributed by atoms with Gasteiger partial charge in [0.25, 0.3) is 0 Å². The van der Waals surface area contributed by atoms with Gasteiger partial charge in [0.15, 0.2) is 0 Å². The van der Waals surface area contributed by atoms with Gasteiger partial charge in [0.05, 0.1) is 6.61 Å². The lowest BCUT2D eigenvalue weighted by Crippen LogP contribution is -2.46. The Labute approximate surface area is 82.1 Å².